The highest BCUT2D eigenvalue weighted by Gasteiger charge is 2.50. The highest BCUT2D eigenvalue weighted by atomic mass is 32.5. The van der Waals surface area contributed by atoms with Crippen LogP contribution in [0.1, 0.15) is 0 Å². The number of hydrogen-bond donors (Lipinski definition) is 6. The maximum absolute atomic E-state index is 11.8. The van der Waals surface area contributed by atoms with Gasteiger partial charge in [0, 0.05) is 0 Å². The van der Waals surface area contributed by atoms with Gasteiger partial charge in [0.1, 0.15) is 18.3 Å². The van der Waals surface area contributed by atoms with E-state index < -0.39 is 57.6 Å². The third-order valence-corrected chi connectivity index (χ3v) is 6.51. The van der Waals surface area contributed by atoms with Gasteiger partial charge < -0.3 is 35.4 Å². The van der Waals surface area contributed by atoms with Crippen LogP contribution in [-0.4, -0.2) is 91.0 Å². The number of nitrogens with two attached hydrogens (primary N) is 1. The van der Waals surface area contributed by atoms with Crippen LogP contribution in [-0.2, 0) is 34.7 Å². The van der Waals surface area contributed by atoms with E-state index in [1.165, 1.54) is 0 Å². The lowest BCUT2D eigenvalue weighted by atomic mass is 10.1. The van der Waals surface area contributed by atoms with E-state index >= 15 is 0 Å². The Morgan fingerprint density at radius 3 is 2.61 bits per heavy atom. The molecule has 3 aliphatic heterocycles. The molecule has 0 aromatic carbocycles. The minimum Gasteiger partial charge on any atom is -0.387 e. The van der Waals surface area contributed by atoms with Crippen LogP contribution in [0.15, 0.2) is 15.0 Å². The second-order valence-electron chi connectivity index (χ2n) is 5.74. The summed E-state index contributed by atoms with van der Waals surface area (Å²) in [4.78, 5) is 51.4. The average molecular weight is 459 g/mol. The molecule has 0 bridgehead atoms. The quantitative estimate of drug-likeness (QED) is 0.215. The Balaban J connectivity index is 1.69. The molecule has 28 heavy (non-hydrogen) atoms. The zero-order valence-corrected chi connectivity index (χ0v) is 16.2. The Morgan fingerprint density at radius 1 is 1.29 bits per heavy atom. The second kappa shape index (κ2) is 7.59. The SMILES string of the molecule is NC1=NC(=O)C2N=CN([C@@H]3O[C@H](COP(=O)(O)OP(O)(O)=S)[C@@H](O)[C@H]3O)C2=N1. The van der Waals surface area contributed by atoms with Crippen molar-refractivity contribution in [3.63, 3.8) is 0 Å². The molecule has 3 aliphatic rings. The average Bonchev–Trinajstić information content (AvgIpc) is 3.06. The smallest absolute Gasteiger partial charge is 0.387 e. The Hall–Kier alpha value is -1.16. The maximum atomic E-state index is 11.8. The monoisotopic (exact) mass is 459 g/mol. The van der Waals surface area contributed by atoms with Crippen molar-refractivity contribution >= 4 is 50.4 Å². The number of aliphatic hydroxyl groups excluding tert-OH is 2. The van der Waals surface area contributed by atoms with Gasteiger partial charge in [0.25, 0.3) is 5.91 Å². The Kier molecular flexibility index (Phi) is 5.84. The van der Waals surface area contributed by atoms with E-state index in [4.69, 9.17) is 20.3 Å². The fraction of sp³-hybridized carbons (Fsp3) is 0.600. The summed E-state index contributed by atoms with van der Waals surface area (Å²) in [5, 5.41) is 20.3. The number of amidine groups is 1. The van der Waals surface area contributed by atoms with Crippen molar-refractivity contribution in [3.8, 4) is 0 Å². The lowest BCUT2D eigenvalue weighted by Crippen LogP contribution is -2.49. The number of hydrogen-bond acceptors (Lipinski definition) is 12. The van der Waals surface area contributed by atoms with Gasteiger partial charge in [-0.2, -0.15) is 9.98 Å². The van der Waals surface area contributed by atoms with Gasteiger partial charge in [-0.05, 0) is 11.8 Å². The first kappa shape index (κ1) is 21.5. The minimum absolute atomic E-state index is 0.0210. The lowest BCUT2D eigenvalue weighted by molar-refractivity contribution is -0.117. The normalized spacial score (nSPS) is 34.8. The number of guanidine groups is 1. The standard InChI is InChI=1S/C10H15N5O10P2S/c11-10-13-7-4(8(18)14-10)12-2-15(7)9-6(17)5(16)3(24-9)1-23-26(19,20)25-27(21,22)28/h2-6,9,16-17H,1H2,(H,19,20)(H2,11,14,18)(H2,21,22,28)/t3-,4?,5-,6-,9-/m1/s1. The molecule has 156 valence electrons. The van der Waals surface area contributed by atoms with Gasteiger partial charge in [0.05, 0.1) is 12.9 Å². The van der Waals surface area contributed by atoms with Crippen molar-refractivity contribution in [1.82, 2.24) is 4.90 Å². The number of nitrogens with zero attached hydrogens (tertiary/aromatic N) is 4. The molecular weight excluding hydrogens is 444 g/mol. The molecule has 0 aliphatic carbocycles. The molecule has 6 atom stereocenters. The molecule has 2 unspecified atom stereocenters. The van der Waals surface area contributed by atoms with E-state index in [1.807, 2.05) is 0 Å². The van der Waals surface area contributed by atoms with Gasteiger partial charge in [0.2, 0.25) is 5.96 Å². The third kappa shape index (κ3) is 4.53. The summed E-state index contributed by atoms with van der Waals surface area (Å²) >= 11 is 4.07. The van der Waals surface area contributed by atoms with Crippen LogP contribution >= 0.6 is 14.5 Å². The van der Waals surface area contributed by atoms with Gasteiger partial charge in [-0.25, -0.2) is 8.88 Å². The van der Waals surface area contributed by atoms with Crippen LogP contribution in [0.3, 0.4) is 0 Å². The van der Waals surface area contributed by atoms with E-state index in [9.17, 15) is 24.5 Å². The van der Waals surface area contributed by atoms with E-state index in [0.29, 0.717) is 0 Å². The third-order valence-electron chi connectivity index (χ3n) is 3.76. The number of fused-ring (bicyclic) bond motifs is 1. The Labute approximate surface area is 161 Å². The van der Waals surface area contributed by atoms with Gasteiger partial charge in [-0.3, -0.25) is 19.2 Å². The summed E-state index contributed by atoms with van der Waals surface area (Å²) in [6.45, 7) is -5.26. The summed E-state index contributed by atoms with van der Waals surface area (Å²) < 4.78 is 25.5. The van der Waals surface area contributed by atoms with E-state index in [2.05, 4.69) is 35.6 Å². The number of phosphoric ester groups is 1. The number of phosphoric acid groups is 1. The largest absolute Gasteiger partial charge is 0.479 e. The fourth-order valence-electron chi connectivity index (χ4n) is 2.63. The number of aliphatic imine (C=N–C) groups is 3. The topological polar surface area (TPSA) is 229 Å². The molecule has 1 amide bonds. The zero-order chi connectivity index (χ0) is 20.9. The number of carbonyl (C=O) groups is 1. The van der Waals surface area contributed by atoms with Crippen LogP contribution < -0.4 is 5.73 Å². The summed E-state index contributed by atoms with van der Waals surface area (Å²) in [5.74, 6) is -0.967. The highest BCUT2D eigenvalue weighted by molar-refractivity contribution is 8.08. The molecule has 3 rings (SSSR count). The minimum atomic E-state index is -4.97. The van der Waals surface area contributed by atoms with Gasteiger partial charge in [0.15, 0.2) is 18.1 Å². The molecular formula is C10H15N5O10P2S. The first-order chi connectivity index (χ1) is 12.9. The van der Waals surface area contributed by atoms with Crippen LogP contribution in [0.25, 0.3) is 0 Å². The molecule has 1 saturated heterocycles. The molecule has 18 heteroatoms. The van der Waals surface area contributed by atoms with Gasteiger partial charge in [-0.15, -0.1) is 0 Å². The molecule has 0 radical (unpaired) electrons. The van der Waals surface area contributed by atoms with Crippen LogP contribution in [0.2, 0.25) is 0 Å². The van der Waals surface area contributed by atoms with Crippen LogP contribution in [0.5, 0.6) is 0 Å². The summed E-state index contributed by atoms with van der Waals surface area (Å²) in [5.41, 5.74) is 5.44. The van der Waals surface area contributed by atoms with Crippen LogP contribution in [0, 0.1) is 0 Å². The molecule has 1 fully saturated rings. The number of amides is 1. The molecule has 15 nitrogen and oxygen atoms in total. The van der Waals surface area contributed by atoms with Crippen molar-refractivity contribution in [1.29, 1.82) is 0 Å². The zero-order valence-electron chi connectivity index (χ0n) is 13.6. The van der Waals surface area contributed by atoms with Crippen molar-refractivity contribution < 1.29 is 47.8 Å². The first-order valence-corrected chi connectivity index (χ1v) is 11.5. The van der Waals surface area contributed by atoms with Crippen molar-refractivity contribution in [3.05, 3.63) is 0 Å². The molecule has 3 heterocycles. The van der Waals surface area contributed by atoms with E-state index in [-0.39, 0.29) is 11.8 Å². The van der Waals surface area contributed by atoms with Crippen LogP contribution in [0.4, 0.5) is 0 Å². The number of ether oxygens (including phenoxy) is 1. The maximum Gasteiger partial charge on any atom is 0.479 e. The molecule has 0 saturated carbocycles. The Bertz CT molecular complexity index is 860. The van der Waals surface area contributed by atoms with Gasteiger partial charge in [-0.1, -0.05) is 0 Å². The predicted octanol–water partition coefficient (Wildman–Crippen LogP) is -3.26. The van der Waals surface area contributed by atoms with Crippen molar-refractivity contribution in [2.45, 2.75) is 30.6 Å². The van der Waals surface area contributed by atoms with E-state index in [1.54, 1.807) is 0 Å². The fourth-order valence-corrected chi connectivity index (χ4v) is 4.99. The molecule has 0 aromatic rings. The van der Waals surface area contributed by atoms with E-state index in [0.717, 1.165) is 11.2 Å². The molecule has 7 N–H and O–H groups in total. The molecule has 0 aromatic heterocycles. The second-order valence-corrected chi connectivity index (χ2v) is 9.99. The predicted molar refractivity (Wildman–Crippen MR) is 94.4 cm³/mol. The number of carbonyl (C=O) groups excluding carboxylic acids is 1. The highest BCUT2D eigenvalue weighted by Crippen LogP contribution is 2.57. The Morgan fingerprint density at radius 2 is 1.96 bits per heavy atom. The van der Waals surface area contributed by atoms with Crippen molar-refractivity contribution in [2.24, 2.45) is 20.7 Å². The number of rotatable bonds is 6. The lowest BCUT2D eigenvalue weighted by Gasteiger charge is -2.27. The first-order valence-electron chi connectivity index (χ1n) is 7.42. The van der Waals surface area contributed by atoms with Gasteiger partial charge >= 0.3 is 14.5 Å². The summed E-state index contributed by atoms with van der Waals surface area (Å²) in [6.07, 6.45) is -4.62. The van der Waals surface area contributed by atoms with Crippen molar-refractivity contribution in [2.75, 3.05) is 6.61 Å². The number of aliphatic hydroxyl groups is 2. The molecule has 0 spiro atoms. The summed E-state index contributed by atoms with van der Waals surface area (Å²) in [7, 11) is -4.97. The summed E-state index contributed by atoms with van der Waals surface area (Å²) in [6, 6.07) is -1.07.